The molecule has 9 heteroatoms. The van der Waals surface area contributed by atoms with Crippen molar-refractivity contribution in [2.75, 3.05) is 19.8 Å². The molecule has 0 aromatic carbocycles. The Bertz CT molecular complexity index is 387. The van der Waals surface area contributed by atoms with Gasteiger partial charge in [-0.15, -0.1) is 0 Å². The molecule has 1 fully saturated rings. The third-order valence-corrected chi connectivity index (χ3v) is 5.67. The summed E-state index contributed by atoms with van der Waals surface area (Å²) in [6.45, 7) is 9.84. The van der Waals surface area contributed by atoms with Gasteiger partial charge in [0.15, 0.2) is 0 Å². The van der Waals surface area contributed by atoms with Gasteiger partial charge in [0.2, 0.25) is 0 Å². The Labute approximate surface area is 149 Å². The van der Waals surface area contributed by atoms with Gasteiger partial charge in [-0.3, -0.25) is 0 Å². The average Bonchev–Trinajstić information content (AvgIpc) is 2.91. The van der Waals surface area contributed by atoms with Crippen LogP contribution < -0.4 is 0 Å². The van der Waals surface area contributed by atoms with Gasteiger partial charge in [0.1, 0.15) is 0 Å². The number of nitrogens with zero attached hydrogens (tertiary/aromatic N) is 3. The van der Waals surface area contributed by atoms with Crippen LogP contribution in [0.5, 0.6) is 0 Å². The second-order valence-corrected chi connectivity index (χ2v) is 7.43. The van der Waals surface area contributed by atoms with E-state index < -0.39 is 8.53 Å². The molecule has 1 saturated heterocycles. The minimum atomic E-state index is -1.26. The first-order valence-corrected chi connectivity index (χ1v) is 9.59. The van der Waals surface area contributed by atoms with Crippen molar-refractivity contribution in [1.82, 2.24) is 4.67 Å². The van der Waals surface area contributed by atoms with Crippen molar-refractivity contribution < 1.29 is 35.9 Å². The van der Waals surface area contributed by atoms with Crippen molar-refractivity contribution >= 4 is 8.53 Å². The quantitative estimate of drug-likeness (QED) is 0.311. The van der Waals surface area contributed by atoms with E-state index in [1.807, 2.05) is 17.2 Å². The molecule has 3 unspecified atom stereocenters. The van der Waals surface area contributed by atoms with Gasteiger partial charge in [0.05, 0.1) is 0 Å². The summed E-state index contributed by atoms with van der Waals surface area (Å²) in [7, 11) is -1.26. The maximum absolute atomic E-state index is 8.73. The van der Waals surface area contributed by atoms with Crippen molar-refractivity contribution in [3.8, 4) is 6.07 Å². The van der Waals surface area contributed by atoms with E-state index >= 15 is 0 Å². The topological polar surface area (TPSA) is 76.3 Å². The number of rotatable bonds is 11. The van der Waals surface area contributed by atoms with Crippen LogP contribution in [0.1, 0.15) is 40.5 Å². The molecule has 0 aromatic heterocycles. The van der Waals surface area contributed by atoms with Crippen molar-refractivity contribution in [3.05, 3.63) is 0 Å². The summed E-state index contributed by atoms with van der Waals surface area (Å²) < 4.78 is 23.6. The Hall–Kier alpha value is 0.104. The van der Waals surface area contributed by atoms with Crippen LogP contribution in [0, 0.1) is 11.3 Å². The van der Waals surface area contributed by atoms with E-state index in [1.165, 1.54) is 0 Å². The fourth-order valence-corrected chi connectivity index (χ4v) is 4.30. The summed E-state index contributed by atoms with van der Waals surface area (Å²) in [6.07, 6.45) is 0.926. The number of nitriles is 1. The zero-order valence-electron chi connectivity index (χ0n) is 14.2. The van der Waals surface area contributed by atoms with E-state index in [1.54, 1.807) is 0 Å². The molecule has 23 heavy (non-hydrogen) atoms. The monoisotopic (exact) mass is 382 g/mol. The van der Waals surface area contributed by atoms with Crippen LogP contribution in [0.25, 0.3) is 0 Å². The summed E-state index contributed by atoms with van der Waals surface area (Å²) in [6, 6.07) is 2.66. The molecule has 131 valence electrons. The van der Waals surface area contributed by atoms with Gasteiger partial charge in [-0.1, -0.05) is 0 Å². The van der Waals surface area contributed by atoms with Crippen LogP contribution in [-0.4, -0.2) is 48.8 Å². The normalized spacial score (nSPS) is 22.7. The molecular weight excluding hydrogens is 356 g/mol. The van der Waals surface area contributed by atoms with E-state index in [9.17, 15) is 0 Å². The predicted molar refractivity (Wildman–Crippen MR) is 82.8 cm³/mol. The first-order valence-electron chi connectivity index (χ1n) is 7.84. The third kappa shape index (κ3) is 7.25. The first kappa shape index (κ1) is 21.1. The van der Waals surface area contributed by atoms with Crippen molar-refractivity contribution in [2.45, 2.75) is 64.8 Å². The van der Waals surface area contributed by atoms with Gasteiger partial charge >= 0.3 is 149 Å². The Balaban J connectivity index is 2.74. The van der Waals surface area contributed by atoms with Crippen LogP contribution in [0.2, 0.25) is 0 Å². The van der Waals surface area contributed by atoms with Crippen LogP contribution in [0.3, 0.4) is 0 Å². The molecule has 1 aliphatic rings. The van der Waals surface area contributed by atoms with E-state index in [0.29, 0.717) is 26.2 Å². The zero-order chi connectivity index (χ0) is 17.2. The molecule has 0 bridgehead atoms. The Morgan fingerprint density at radius 2 is 2.09 bits per heavy atom. The predicted octanol–water partition coefficient (Wildman–Crippen LogP) is 3.10. The molecule has 0 aliphatic carbocycles. The summed E-state index contributed by atoms with van der Waals surface area (Å²) in [5.41, 5.74) is 0. The van der Waals surface area contributed by atoms with Crippen molar-refractivity contribution in [3.63, 3.8) is 0 Å². The molecule has 7 nitrogen and oxygen atoms in total. The summed E-state index contributed by atoms with van der Waals surface area (Å²) in [4.78, 5) is 5.09. The van der Waals surface area contributed by atoms with Crippen molar-refractivity contribution in [1.29, 1.82) is 5.26 Å². The van der Waals surface area contributed by atoms with Gasteiger partial charge in [-0.25, -0.2) is 0 Å². The molecule has 1 aliphatic heterocycles. The maximum atomic E-state index is 8.73. The molecule has 0 aromatic rings. The van der Waals surface area contributed by atoms with E-state index in [0.717, 1.165) is 6.42 Å². The van der Waals surface area contributed by atoms with Crippen LogP contribution in [-0.2, 0) is 35.9 Å². The second-order valence-electron chi connectivity index (χ2n) is 5.77. The van der Waals surface area contributed by atoms with Gasteiger partial charge in [0, 0.05) is 0 Å². The molecule has 0 amide bonds. The zero-order valence-corrected chi connectivity index (χ0v) is 16.5. The Morgan fingerprint density at radius 1 is 1.39 bits per heavy atom. The summed E-state index contributed by atoms with van der Waals surface area (Å²) in [5.74, 6) is 0. The molecule has 0 spiro atoms. The summed E-state index contributed by atoms with van der Waals surface area (Å²) in [5, 5.41) is 8.73. The van der Waals surface area contributed by atoms with Crippen molar-refractivity contribution in [2.24, 2.45) is 3.95 Å². The van der Waals surface area contributed by atoms with Gasteiger partial charge in [-0.05, 0) is 0 Å². The van der Waals surface area contributed by atoms with Crippen LogP contribution in [0.15, 0.2) is 3.95 Å². The molecular formula is C14H26N3O4PV. The van der Waals surface area contributed by atoms with Crippen LogP contribution >= 0.6 is 8.53 Å². The SMILES string of the molecule is CC(C)N(C(C)C)P(OCCC#N)OC1CCOC1CO[N]=[V]. The molecule has 1 rings (SSSR count). The first-order chi connectivity index (χ1) is 11.0. The van der Waals surface area contributed by atoms with Crippen LogP contribution in [0.4, 0.5) is 0 Å². The average molecular weight is 382 g/mol. The van der Waals surface area contributed by atoms with Gasteiger partial charge < -0.3 is 0 Å². The molecule has 0 saturated carbocycles. The van der Waals surface area contributed by atoms with Gasteiger partial charge in [-0.2, -0.15) is 0 Å². The number of hydrogen-bond donors (Lipinski definition) is 0. The third-order valence-electron chi connectivity index (χ3n) is 3.33. The van der Waals surface area contributed by atoms with E-state index in [4.69, 9.17) is 23.9 Å². The molecule has 1 heterocycles. The number of hydrogen-bond acceptors (Lipinski definition) is 7. The summed E-state index contributed by atoms with van der Waals surface area (Å²) >= 11 is 2.03. The second kappa shape index (κ2) is 11.6. The Morgan fingerprint density at radius 3 is 2.65 bits per heavy atom. The Kier molecular flexibility index (Phi) is 10.7. The molecule has 0 radical (unpaired) electrons. The van der Waals surface area contributed by atoms with E-state index in [-0.39, 0.29) is 24.3 Å². The molecule has 0 N–H and O–H groups in total. The number of ether oxygens (including phenoxy) is 1. The minimum absolute atomic E-state index is 0.0857. The standard InChI is InChI=1S/C14H26N3O4P.V/c1-11(2)17(12(3)4)22(20-8-5-7-15)21-13-6-9-18-14(13)10-19-16;/h11-14H,5-6,8-10H2,1-4H3;. The van der Waals surface area contributed by atoms with Gasteiger partial charge in [0.25, 0.3) is 0 Å². The fraction of sp³-hybridized carbons (Fsp3) is 0.929. The molecule has 3 atom stereocenters. The fourth-order valence-electron chi connectivity index (χ4n) is 2.42. The van der Waals surface area contributed by atoms with E-state index in [2.05, 4.69) is 42.4 Å².